The molecule has 1 aromatic carbocycles. The van der Waals surface area contributed by atoms with E-state index < -0.39 is 110 Å². The van der Waals surface area contributed by atoms with Crippen LogP contribution in [0.25, 0.3) is 6.08 Å². The molecular formula is C31H40O17. The molecule has 3 saturated heterocycles. The summed E-state index contributed by atoms with van der Waals surface area (Å²) in [4.78, 5) is 12.9. The van der Waals surface area contributed by atoms with E-state index in [9.17, 15) is 45.6 Å². The molecule has 0 radical (unpaired) electrons. The van der Waals surface area contributed by atoms with E-state index in [-0.39, 0.29) is 18.1 Å². The third kappa shape index (κ3) is 6.30. The minimum atomic E-state index is -1.74. The Labute approximate surface area is 274 Å². The number of rotatable bonds is 10. The Morgan fingerprint density at radius 3 is 2.35 bits per heavy atom. The molecule has 4 heterocycles. The first-order chi connectivity index (χ1) is 22.9. The second kappa shape index (κ2) is 13.8. The standard InChI is InChI=1S/C31H40O17/c1-12-20(35)22(37)24(39)29(44-12)46-26-14-7-8-42-28(47-30-25(40)23(38)21(36)17(10-32)45-30)19(14)31(27(26)48-31)11-43-18(34)6-4-13-3-5-15(33)16(9-13)41-2/h3-9,12,14,17,19-30,32-33,35-40H,10-11H2,1-2H3/b6-4+/t12?,14?,17?,19?,20?,21?,22?,23?,24?,25?,26-,27-,28?,29?,30?,31?/m0/s1. The fraction of sp³-hybridized carbons (Fsp3) is 0.645. The first-order valence-corrected chi connectivity index (χ1v) is 15.4. The van der Waals surface area contributed by atoms with Gasteiger partial charge in [0, 0.05) is 12.0 Å². The Kier molecular flexibility index (Phi) is 10.0. The lowest BCUT2D eigenvalue weighted by Gasteiger charge is -2.44. The molecule has 1 aliphatic carbocycles. The molecule has 266 valence electrons. The predicted molar refractivity (Wildman–Crippen MR) is 155 cm³/mol. The second-order valence-electron chi connectivity index (χ2n) is 12.4. The van der Waals surface area contributed by atoms with Crippen LogP contribution < -0.4 is 4.74 Å². The highest BCUT2D eigenvalue weighted by Crippen LogP contribution is 2.61. The van der Waals surface area contributed by atoms with Gasteiger partial charge >= 0.3 is 5.97 Å². The van der Waals surface area contributed by atoms with Gasteiger partial charge in [0.25, 0.3) is 0 Å². The number of phenolic OH excluding ortho intramolecular Hbond substituents is 1. The van der Waals surface area contributed by atoms with Crippen molar-refractivity contribution in [2.45, 2.75) is 92.4 Å². The maximum Gasteiger partial charge on any atom is 0.330 e. The second-order valence-corrected chi connectivity index (χ2v) is 12.4. The number of aliphatic hydroxyl groups excluding tert-OH is 7. The number of ether oxygens (including phenoxy) is 8. The molecule has 5 aliphatic rings. The van der Waals surface area contributed by atoms with Crippen LogP contribution in [0.1, 0.15) is 12.5 Å². The molecule has 14 unspecified atom stereocenters. The lowest BCUT2D eigenvalue weighted by atomic mass is 9.85. The average molecular weight is 685 g/mol. The van der Waals surface area contributed by atoms with Gasteiger partial charge in [-0.15, -0.1) is 0 Å². The number of epoxide rings is 1. The van der Waals surface area contributed by atoms with Crippen LogP contribution in [0.2, 0.25) is 0 Å². The van der Waals surface area contributed by atoms with E-state index in [1.54, 1.807) is 12.1 Å². The van der Waals surface area contributed by atoms with Gasteiger partial charge in [-0.3, -0.25) is 0 Å². The van der Waals surface area contributed by atoms with Gasteiger partial charge in [-0.1, -0.05) is 6.07 Å². The topological polar surface area (TPSA) is 256 Å². The first-order valence-electron chi connectivity index (χ1n) is 15.4. The zero-order valence-electron chi connectivity index (χ0n) is 25.9. The molecule has 0 aromatic heterocycles. The molecule has 4 aliphatic heterocycles. The van der Waals surface area contributed by atoms with Crippen molar-refractivity contribution in [3.8, 4) is 11.5 Å². The molecular weight excluding hydrogens is 644 g/mol. The van der Waals surface area contributed by atoms with Crippen LogP contribution in [0.15, 0.2) is 36.6 Å². The summed E-state index contributed by atoms with van der Waals surface area (Å²) >= 11 is 0. The van der Waals surface area contributed by atoms with Crippen LogP contribution in [0.4, 0.5) is 0 Å². The quantitative estimate of drug-likeness (QED) is 0.0705. The van der Waals surface area contributed by atoms with Gasteiger partial charge in [0.15, 0.2) is 24.1 Å². The van der Waals surface area contributed by atoms with Crippen molar-refractivity contribution in [3.63, 3.8) is 0 Å². The van der Waals surface area contributed by atoms with Crippen molar-refractivity contribution in [2.75, 3.05) is 20.3 Å². The number of methoxy groups -OCH3 is 1. The molecule has 48 heavy (non-hydrogen) atoms. The van der Waals surface area contributed by atoms with E-state index in [1.165, 1.54) is 44.6 Å². The molecule has 4 fully saturated rings. The van der Waals surface area contributed by atoms with Crippen LogP contribution in [-0.2, 0) is 38.0 Å². The lowest BCUT2D eigenvalue weighted by molar-refractivity contribution is -0.347. The summed E-state index contributed by atoms with van der Waals surface area (Å²) in [5.74, 6) is -2.04. The summed E-state index contributed by atoms with van der Waals surface area (Å²) < 4.78 is 45.9. The smallest absolute Gasteiger partial charge is 0.330 e. The summed E-state index contributed by atoms with van der Waals surface area (Å²) in [6, 6.07) is 4.49. The van der Waals surface area contributed by atoms with E-state index in [0.717, 1.165) is 0 Å². The zero-order valence-corrected chi connectivity index (χ0v) is 25.9. The lowest BCUT2D eigenvalue weighted by Crippen LogP contribution is -2.60. The molecule has 17 heteroatoms. The summed E-state index contributed by atoms with van der Waals surface area (Å²) in [7, 11) is 1.39. The number of aromatic hydroxyl groups is 1. The fourth-order valence-electron chi connectivity index (χ4n) is 6.76. The number of carbonyl (C=O) groups excluding carboxylic acids is 1. The van der Waals surface area contributed by atoms with Crippen molar-refractivity contribution in [1.29, 1.82) is 0 Å². The number of esters is 1. The Balaban J connectivity index is 1.22. The van der Waals surface area contributed by atoms with Gasteiger partial charge in [0.05, 0.1) is 38.1 Å². The molecule has 0 spiro atoms. The molecule has 0 amide bonds. The van der Waals surface area contributed by atoms with Gasteiger partial charge in [-0.25, -0.2) is 4.79 Å². The Bertz CT molecular complexity index is 1370. The highest BCUT2D eigenvalue weighted by Gasteiger charge is 2.77. The number of hydrogen-bond acceptors (Lipinski definition) is 17. The number of phenols is 1. The summed E-state index contributed by atoms with van der Waals surface area (Å²) in [6.45, 7) is 0.486. The molecule has 0 bridgehead atoms. The Hall–Kier alpha value is -2.91. The van der Waals surface area contributed by atoms with Crippen molar-refractivity contribution in [2.24, 2.45) is 11.8 Å². The molecule has 1 aromatic rings. The first kappa shape index (κ1) is 34.9. The van der Waals surface area contributed by atoms with Gasteiger partial charge < -0.3 is 78.7 Å². The summed E-state index contributed by atoms with van der Waals surface area (Å²) in [5.41, 5.74) is -0.755. The van der Waals surface area contributed by atoms with Gasteiger partial charge in [-0.05, 0) is 36.8 Å². The molecule has 16 atom stereocenters. The highest BCUT2D eigenvalue weighted by atomic mass is 16.8. The minimum absolute atomic E-state index is 0.0728. The SMILES string of the molecule is COc1cc(/C=C/C(=O)OCC23O[C@H]2[C@@H](OC2OC(C)C(O)C(O)C2O)C2C=COC(OC4OC(CO)C(O)C(O)C4O)C23)ccc1O. The van der Waals surface area contributed by atoms with Crippen molar-refractivity contribution in [1.82, 2.24) is 0 Å². The predicted octanol–water partition coefficient (Wildman–Crippen LogP) is -2.76. The van der Waals surface area contributed by atoms with Gasteiger partial charge in [-0.2, -0.15) is 0 Å². The maximum atomic E-state index is 12.9. The largest absolute Gasteiger partial charge is 0.504 e. The number of fused-ring (bicyclic) bond motifs is 3. The van der Waals surface area contributed by atoms with E-state index in [2.05, 4.69) is 0 Å². The zero-order chi connectivity index (χ0) is 34.5. The van der Waals surface area contributed by atoms with Crippen LogP contribution in [0.3, 0.4) is 0 Å². The van der Waals surface area contributed by atoms with Crippen molar-refractivity contribution in [3.05, 3.63) is 42.2 Å². The van der Waals surface area contributed by atoms with E-state index in [1.807, 2.05) is 0 Å². The van der Waals surface area contributed by atoms with E-state index in [0.29, 0.717) is 5.56 Å². The number of benzene rings is 1. The normalized spacial score (nSPS) is 44.9. The maximum absolute atomic E-state index is 12.9. The fourth-order valence-corrected chi connectivity index (χ4v) is 6.76. The van der Waals surface area contributed by atoms with Gasteiger partial charge in [0.1, 0.15) is 61.0 Å². The molecule has 8 N–H and O–H groups in total. The van der Waals surface area contributed by atoms with Crippen LogP contribution in [-0.4, -0.2) is 153 Å². The summed E-state index contributed by atoms with van der Waals surface area (Å²) in [6.07, 6.45) is -12.1. The Morgan fingerprint density at radius 2 is 1.65 bits per heavy atom. The summed E-state index contributed by atoms with van der Waals surface area (Å²) in [5, 5.41) is 81.7. The Morgan fingerprint density at radius 1 is 0.938 bits per heavy atom. The van der Waals surface area contributed by atoms with Crippen molar-refractivity contribution >= 4 is 12.0 Å². The van der Waals surface area contributed by atoms with Crippen LogP contribution >= 0.6 is 0 Å². The average Bonchev–Trinajstić information content (AvgIpc) is 3.75. The van der Waals surface area contributed by atoms with Gasteiger partial charge in [0.2, 0.25) is 6.29 Å². The van der Waals surface area contributed by atoms with E-state index >= 15 is 0 Å². The molecule has 17 nitrogen and oxygen atoms in total. The highest BCUT2D eigenvalue weighted by molar-refractivity contribution is 5.87. The third-order valence-corrected chi connectivity index (χ3v) is 9.51. The third-order valence-electron chi connectivity index (χ3n) is 9.51. The number of carbonyl (C=O) groups is 1. The number of aliphatic hydroxyl groups is 7. The van der Waals surface area contributed by atoms with Crippen LogP contribution in [0, 0.1) is 11.8 Å². The molecule has 1 saturated carbocycles. The van der Waals surface area contributed by atoms with Crippen LogP contribution in [0.5, 0.6) is 11.5 Å². The molecule has 6 rings (SSSR count). The monoisotopic (exact) mass is 684 g/mol. The van der Waals surface area contributed by atoms with Crippen molar-refractivity contribution < 1.29 is 83.5 Å². The van der Waals surface area contributed by atoms with E-state index in [4.69, 9.17) is 37.9 Å². The minimum Gasteiger partial charge on any atom is -0.504 e. The number of hydrogen-bond donors (Lipinski definition) is 8.